The Morgan fingerprint density at radius 1 is 1.27 bits per heavy atom. The van der Waals surface area contributed by atoms with Gasteiger partial charge < -0.3 is 19.4 Å². The maximum atomic E-state index is 12.3. The third-order valence-electron chi connectivity index (χ3n) is 4.35. The second-order valence-electron chi connectivity index (χ2n) is 6.12. The van der Waals surface area contributed by atoms with E-state index in [1.807, 2.05) is 0 Å². The van der Waals surface area contributed by atoms with Gasteiger partial charge in [0.15, 0.2) is 5.78 Å². The minimum atomic E-state index is -0.457. The number of amides is 2. The van der Waals surface area contributed by atoms with E-state index < -0.39 is 5.92 Å². The van der Waals surface area contributed by atoms with Gasteiger partial charge in [-0.1, -0.05) is 0 Å². The Kier molecular flexibility index (Phi) is 5.36. The first-order valence-corrected chi connectivity index (χ1v) is 8.32. The Balaban J connectivity index is 1.50. The van der Waals surface area contributed by atoms with E-state index in [1.165, 1.54) is 0 Å². The standard InChI is InChI=1S/C19H20N2O5/c1-25-15-6-4-13(5-7-15)17(22)10-20-19(24)14-9-18(23)21(11-14)12-16-3-2-8-26-16/h2-8,14H,9-12H2,1H3,(H,20,24)/t14-/m0/s1. The summed E-state index contributed by atoms with van der Waals surface area (Å²) in [6, 6.07) is 10.2. The number of nitrogens with zero attached hydrogens (tertiary/aromatic N) is 1. The summed E-state index contributed by atoms with van der Waals surface area (Å²) in [4.78, 5) is 38.1. The van der Waals surface area contributed by atoms with Gasteiger partial charge in [0.2, 0.25) is 11.8 Å². The number of Topliss-reactive ketones (excluding diaryl/α,β-unsaturated/α-hetero) is 1. The highest BCUT2D eigenvalue weighted by Crippen LogP contribution is 2.20. The Bertz CT molecular complexity index is 783. The predicted octanol–water partition coefficient (Wildman–Crippen LogP) is 1.64. The van der Waals surface area contributed by atoms with Crippen molar-refractivity contribution in [3.63, 3.8) is 0 Å². The van der Waals surface area contributed by atoms with E-state index in [-0.39, 0.29) is 30.6 Å². The highest BCUT2D eigenvalue weighted by molar-refractivity contribution is 6.00. The molecular weight excluding hydrogens is 336 g/mol. The minimum absolute atomic E-state index is 0.0944. The first kappa shape index (κ1) is 17.7. The van der Waals surface area contributed by atoms with E-state index >= 15 is 0 Å². The molecule has 0 spiro atoms. The van der Waals surface area contributed by atoms with E-state index in [9.17, 15) is 14.4 Å². The summed E-state index contributed by atoms with van der Waals surface area (Å²) in [5.74, 6) is 0.296. The molecule has 26 heavy (non-hydrogen) atoms. The van der Waals surface area contributed by atoms with E-state index in [4.69, 9.17) is 9.15 Å². The number of ketones is 1. The molecule has 1 N–H and O–H groups in total. The van der Waals surface area contributed by atoms with Crippen LogP contribution in [0, 0.1) is 5.92 Å². The Morgan fingerprint density at radius 2 is 2.04 bits per heavy atom. The number of hydrogen-bond acceptors (Lipinski definition) is 5. The van der Waals surface area contributed by atoms with Crippen molar-refractivity contribution in [3.8, 4) is 5.75 Å². The average Bonchev–Trinajstić information content (AvgIpc) is 3.30. The van der Waals surface area contributed by atoms with Crippen LogP contribution < -0.4 is 10.1 Å². The lowest BCUT2D eigenvalue weighted by Gasteiger charge is -2.15. The van der Waals surface area contributed by atoms with Crippen LogP contribution in [0.4, 0.5) is 0 Å². The predicted molar refractivity (Wildman–Crippen MR) is 92.6 cm³/mol. The molecule has 1 aromatic carbocycles. The lowest BCUT2D eigenvalue weighted by molar-refractivity contribution is -0.129. The van der Waals surface area contributed by atoms with Crippen molar-refractivity contribution in [2.75, 3.05) is 20.2 Å². The molecule has 2 amide bonds. The number of ether oxygens (including phenoxy) is 1. The molecule has 1 fully saturated rings. The first-order chi connectivity index (χ1) is 12.6. The number of methoxy groups -OCH3 is 1. The molecule has 3 rings (SSSR count). The Morgan fingerprint density at radius 3 is 2.69 bits per heavy atom. The smallest absolute Gasteiger partial charge is 0.225 e. The zero-order valence-corrected chi connectivity index (χ0v) is 14.4. The quantitative estimate of drug-likeness (QED) is 0.762. The van der Waals surface area contributed by atoms with Crippen LogP contribution >= 0.6 is 0 Å². The van der Waals surface area contributed by atoms with E-state index in [0.29, 0.717) is 30.2 Å². The fourth-order valence-electron chi connectivity index (χ4n) is 2.88. The van der Waals surface area contributed by atoms with E-state index in [2.05, 4.69) is 5.32 Å². The van der Waals surface area contributed by atoms with Crippen LogP contribution in [-0.4, -0.2) is 42.7 Å². The summed E-state index contributed by atoms with van der Waals surface area (Å²) in [6.45, 7) is 0.566. The van der Waals surface area contributed by atoms with Gasteiger partial charge in [0, 0.05) is 18.5 Å². The van der Waals surface area contributed by atoms with Crippen LogP contribution in [0.2, 0.25) is 0 Å². The van der Waals surface area contributed by atoms with Gasteiger partial charge in [-0.15, -0.1) is 0 Å². The van der Waals surface area contributed by atoms with Gasteiger partial charge in [-0.3, -0.25) is 14.4 Å². The van der Waals surface area contributed by atoms with Gasteiger partial charge in [0.05, 0.1) is 32.4 Å². The minimum Gasteiger partial charge on any atom is -0.497 e. The number of carbonyl (C=O) groups is 3. The van der Waals surface area contributed by atoms with Crippen molar-refractivity contribution in [2.45, 2.75) is 13.0 Å². The van der Waals surface area contributed by atoms with Crippen LogP contribution in [0.15, 0.2) is 47.1 Å². The van der Waals surface area contributed by atoms with Gasteiger partial charge in [-0.2, -0.15) is 0 Å². The fourth-order valence-corrected chi connectivity index (χ4v) is 2.88. The maximum absolute atomic E-state index is 12.3. The molecular formula is C19H20N2O5. The highest BCUT2D eigenvalue weighted by atomic mass is 16.5. The van der Waals surface area contributed by atoms with Crippen molar-refractivity contribution in [2.24, 2.45) is 5.92 Å². The van der Waals surface area contributed by atoms with Crippen LogP contribution in [0.1, 0.15) is 22.5 Å². The molecule has 7 heteroatoms. The number of carbonyl (C=O) groups excluding carboxylic acids is 3. The molecule has 1 atom stereocenters. The summed E-state index contributed by atoms with van der Waals surface area (Å²) in [7, 11) is 1.55. The van der Waals surface area contributed by atoms with Crippen LogP contribution in [0.25, 0.3) is 0 Å². The van der Waals surface area contributed by atoms with Crippen molar-refractivity contribution >= 4 is 17.6 Å². The lowest BCUT2D eigenvalue weighted by Crippen LogP contribution is -2.36. The van der Waals surface area contributed by atoms with Gasteiger partial charge in [0.25, 0.3) is 0 Å². The number of hydrogen-bond donors (Lipinski definition) is 1. The summed E-state index contributed by atoms with van der Waals surface area (Å²) in [5, 5.41) is 2.63. The average molecular weight is 356 g/mol. The Labute approximate surface area is 150 Å². The molecule has 0 aliphatic carbocycles. The van der Waals surface area contributed by atoms with Crippen LogP contribution in [-0.2, 0) is 16.1 Å². The number of nitrogens with one attached hydrogen (secondary N) is 1. The third-order valence-corrected chi connectivity index (χ3v) is 4.35. The zero-order valence-electron chi connectivity index (χ0n) is 14.4. The molecule has 0 radical (unpaired) electrons. The lowest BCUT2D eigenvalue weighted by atomic mass is 10.1. The number of benzene rings is 1. The van der Waals surface area contributed by atoms with Crippen LogP contribution in [0.3, 0.4) is 0 Å². The molecule has 1 aliphatic rings. The first-order valence-electron chi connectivity index (χ1n) is 8.32. The SMILES string of the molecule is COc1ccc(C(=O)CNC(=O)[C@H]2CC(=O)N(Cc3ccco3)C2)cc1. The number of furan rings is 1. The fraction of sp³-hybridized carbons (Fsp3) is 0.316. The molecule has 136 valence electrons. The number of likely N-dealkylation sites (tertiary alicyclic amines) is 1. The summed E-state index contributed by atoms with van der Waals surface area (Å²) in [5.41, 5.74) is 0.494. The highest BCUT2D eigenvalue weighted by Gasteiger charge is 2.34. The molecule has 2 heterocycles. The maximum Gasteiger partial charge on any atom is 0.225 e. The monoisotopic (exact) mass is 356 g/mol. The third kappa shape index (κ3) is 4.11. The zero-order chi connectivity index (χ0) is 18.5. The molecule has 7 nitrogen and oxygen atoms in total. The van der Waals surface area contributed by atoms with Crippen molar-refractivity contribution < 1.29 is 23.5 Å². The summed E-state index contributed by atoms with van der Waals surface area (Å²) >= 11 is 0. The topological polar surface area (TPSA) is 88.8 Å². The van der Waals surface area contributed by atoms with E-state index in [0.717, 1.165) is 0 Å². The molecule has 0 bridgehead atoms. The number of rotatable bonds is 7. The Hall–Kier alpha value is -3.09. The van der Waals surface area contributed by atoms with Gasteiger partial charge in [-0.05, 0) is 36.4 Å². The van der Waals surface area contributed by atoms with E-state index in [1.54, 1.807) is 54.7 Å². The van der Waals surface area contributed by atoms with Gasteiger partial charge in [-0.25, -0.2) is 0 Å². The van der Waals surface area contributed by atoms with Gasteiger partial charge >= 0.3 is 0 Å². The second kappa shape index (κ2) is 7.86. The summed E-state index contributed by atoms with van der Waals surface area (Å²) in [6.07, 6.45) is 1.69. The van der Waals surface area contributed by atoms with Gasteiger partial charge in [0.1, 0.15) is 11.5 Å². The van der Waals surface area contributed by atoms with Crippen LogP contribution in [0.5, 0.6) is 5.75 Å². The largest absolute Gasteiger partial charge is 0.497 e. The van der Waals surface area contributed by atoms with Crippen molar-refractivity contribution in [1.29, 1.82) is 0 Å². The molecule has 1 aromatic heterocycles. The normalized spacial score (nSPS) is 16.6. The molecule has 2 aromatic rings. The molecule has 1 saturated heterocycles. The molecule has 0 unspecified atom stereocenters. The van der Waals surface area contributed by atoms with Crippen molar-refractivity contribution in [3.05, 3.63) is 54.0 Å². The van der Waals surface area contributed by atoms with Crippen molar-refractivity contribution in [1.82, 2.24) is 10.2 Å². The molecule has 0 saturated carbocycles. The molecule has 1 aliphatic heterocycles. The second-order valence-corrected chi connectivity index (χ2v) is 6.12. The summed E-state index contributed by atoms with van der Waals surface area (Å²) < 4.78 is 10.3.